The van der Waals surface area contributed by atoms with Crippen LogP contribution >= 0.6 is 11.8 Å². The fraction of sp³-hybridized carbons (Fsp3) is 0.0870. The third-order valence-electron chi connectivity index (χ3n) is 4.55. The highest BCUT2D eigenvalue weighted by Crippen LogP contribution is 2.20. The minimum atomic E-state index is -1.04. The molecule has 1 aromatic heterocycles. The van der Waals surface area contributed by atoms with Crippen LogP contribution < -0.4 is 10.9 Å². The van der Waals surface area contributed by atoms with E-state index in [1.165, 1.54) is 10.6 Å². The van der Waals surface area contributed by atoms with E-state index in [-0.39, 0.29) is 17.0 Å². The molecule has 8 heteroatoms. The molecule has 31 heavy (non-hydrogen) atoms. The number of hydrogen-bond donors (Lipinski definition) is 1. The number of carbonyl (C=O) groups excluding carboxylic acids is 1. The second-order valence-electron chi connectivity index (χ2n) is 6.75. The molecule has 4 rings (SSSR count). The molecule has 1 heterocycles. The second-order valence-corrected chi connectivity index (χ2v) is 7.70. The molecule has 0 fully saturated rings. The van der Waals surface area contributed by atoms with E-state index >= 15 is 0 Å². The van der Waals surface area contributed by atoms with Gasteiger partial charge in [-0.1, -0.05) is 54.2 Å². The minimum Gasteiger partial charge on any atom is -0.325 e. The molecule has 0 bridgehead atoms. The van der Waals surface area contributed by atoms with E-state index in [1.807, 2.05) is 30.3 Å². The van der Waals surface area contributed by atoms with Crippen molar-refractivity contribution in [3.63, 3.8) is 0 Å². The fourth-order valence-corrected chi connectivity index (χ4v) is 3.86. The van der Waals surface area contributed by atoms with Gasteiger partial charge in [-0.3, -0.25) is 14.2 Å². The number of aromatic nitrogens is 2. The summed E-state index contributed by atoms with van der Waals surface area (Å²) in [6, 6.07) is 19.7. The van der Waals surface area contributed by atoms with Gasteiger partial charge in [0, 0.05) is 11.8 Å². The summed E-state index contributed by atoms with van der Waals surface area (Å²) in [4.78, 5) is 30.0. The third kappa shape index (κ3) is 4.80. The molecule has 0 spiro atoms. The predicted molar refractivity (Wildman–Crippen MR) is 117 cm³/mol. The zero-order valence-corrected chi connectivity index (χ0v) is 17.0. The van der Waals surface area contributed by atoms with Crippen molar-refractivity contribution in [1.29, 1.82) is 0 Å². The quantitative estimate of drug-likeness (QED) is 0.358. The van der Waals surface area contributed by atoms with Gasteiger partial charge in [-0.05, 0) is 29.8 Å². The van der Waals surface area contributed by atoms with Gasteiger partial charge in [0.05, 0.1) is 23.2 Å². The summed E-state index contributed by atoms with van der Waals surface area (Å²) in [5.41, 5.74) is 1.42. The summed E-state index contributed by atoms with van der Waals surface area (Å²) in [7, 11) is 0. The first-order valence-electron chi connectivity index (χ1n) is 9.42. The Hall–Kier alpha value is -3.52. The first-order valence-corrected chi connectivity index (χ1v) is 10.4. The Labute approximate surface area is 180 Å². The monoisotopic (exact) mass is 437 g/mol. The molecule has 0 saturated heterocycles. The average molecular weight is 437 g/mol. The summed E-state index contributed by atoms with van der Waals surface area (Å²) >= 11 is 1.10. The van der Waals surface area contributed by atoms with Crippen LogP contribution in [0.1, 0.15) is 5.56 Å². The van der Waals surface area contributed by atoms with Crippen molar-refractivity contribution in [2.45, 2.75) is 11.7 Å². The minimum absolute atomic E-state index is 0.0570. The highest BCUT2D eigenvalue weighted by Gasteiger charge is 2.14. The van der Waals surface area contributed by atoms with Crippen LogP contribution in [-0.4, -0.2) is 21.2 Å². The lowest BCUT2D eigenvalue weighted by Gasteiger charge is -2.13. The lowest BCUT2D eigenvalue weighted by molar-refractivity contribution is -0.113. The number of hydrogen-bond acceptors (Lipinski definition) is 4. The van der Waals surface area contributed by atoms with Gasteiger partial charge >= 0.3 is 0 Å². The maximum Gasteiger partial charge on any atom is 0.262 e. The SMILES string of the molecule is O=C(CSc1nc2ccccc2c(=O)n1Cc1ccccc1)Nc1ccc(F)c(F)c1. The molecule has 1 N–H and O–H groups in total. The summed E-state index contributed by atoms with van der Waals surface area (Å²) in [5, 5.41) is 3.41. The van der Waals surface area contributed by atoms with Gasteiger partial charge < -0.3 is 5.32 Å². The second kappa shape index (κ2) is 9.09. The van der Waals surface area contributed by atoms with Crippen LogP contribution in [0.2, 0.25) is 0 Å². The molecule has 0 atom stereocenters. The van der Waals surface area contributed by atoms with Gasteiger partial charge in [0.2, 0.25) is 5.91 Å². The molecule has 3 aromatic carbocycles. The van der Waals surface area contributed by atoms with Gasteiger partial charge in [0.25, 0.3) is 5.56 Å². The normalized spacial score (nSPS) is 10.9. The molecule has 0 saturated carbocycles. The first-order chi connectivity index (χ1) is 15.0. The number of anilines is 1. The van der Waals surface area contributed by atoms with E-state index < -0.39 is 17.5 Å². The van der Waals surface area contributed by atoms with Crippen LogP contribution in [0, 0.1) is 11.6 Å². The highest BCUT2D eigenvalue weighted by molar-refractivity contribution is 7.99. The molecule has 0 unspecified atom stereocenters. The molecule has 4 aromatic rings. The zero-order chi connectivity index (χ0) is 21.8. The number of halogens is 2. The van der Waals surface area contributed by atoms with Crippen LogP contribution in [-0.2, 0) is 11.3 Å². The summed E-state index contributed by atoms with van der Waals surface area (Å²) < 4.78 is 28.0. The van der Waals surface area contributed by atoms with Crippen molar-refractivity contribution >= 4 is 34.3 Å². The van der Waals surface area contributed by atoms with Gasteiger partial charge in [-0.25, -0.2) is 13.8 Å². The fourth-order valence-electron chi connectivity index (χ4n) is 3.06. The Bertz CT molecular complexity index is 1310. The molecule has 0 aliphatic heterocycles. The number of para-hydroxylation sites is 1. The molecule has 156 valence electrons. The lowest BCUT2D eigenvalue weighted by atomic mass is 10.2. The van der Waals surface area contributed by atoms with Gasteiger partial charge in [-0.15, -0.1) is 0 Å². The maximum absolute atomic E-state index is 13.4. The van der Waals surface area contributed by atoms with Crippen molar-refractivity contribution in [3.8, 4) is 0 Å². The number of amides is 1. The average Bonchev–Trinajstić information content (AvgIpc) is 2.78. The van der Waals surface area contributed by atoms with Gasteiger partial charge in [0.1, 0.15) is 0 Å². The first kappa shape index (κ1) is 20.7. The molecule has 0 radical (unpaired) electrons. The Balaban J connectivity index is 1.59. The molecule has 0 aliphatic rings. The number of fused-ring (bicyclic) bond motifs is 1. The van der Waals surface area contributed by atoms with E-state index in [4.69, 9.17) is 0 Å². The van der Waals surface area contributed by atoms with E-state index in [9.17, 15) is 18.4 Å². The molecule has 5 nitrogen and oxygen atoms in total. The number of benzene rings is 3. The Morgan fingerprint density at radius 1 is 0.968 bits per heavy atom. The van der Waals surface area contributed by atoms with Crippen molar-refractivity contribution in [1.82, 2.24) is 9.55 Å². The van der Waals surface area contributed by atoms with E-state index in [0.717, 1.165) is 29.5 Å². The molecular formula is C23H17F2N3O2S. The number of nitrogens with zero attached hydrogens (tertiary/aromatic N) is 2. The van der Waals surface area contributed by atoms with E-state index in [2.05, 4.69) is 10.3 Å². The van der Waals surface area contributed by atoms with Crippen LogP contribution in [0.25, 0.3) is 10.9 Å². The smallest absolute Gasteiger partial charge is 0.262 e. The Kier molecular flexibility index (Phi) is 6.08. The third-order valence-corrected chi connectivity index (χ3v) is 5.52. The van der Waals surface area contributed by atoms with Crippen molar-refractivity contribution < 1.29 is 13.6 Å². The number of thioether (sulfide) groups is 1. The molecule has 1 amide bonds. The zero-order valence-electron chi connectivity index (χ0n) is 16.2. The summed E-state index contributed by atoms with van der Waals surface area (Å²) in [6.07, 6.45) is 0. The van der Waals surface area contributed by atoms with E-state index in [0.29, 0.717) is 22.6 Å². The molecule has 0 aliphatic carbocycles. The van der Waals surface area contributed by atoms with Gasteiger partial charge in [-0.2, -0.15) is 0 Å². The van der Waals surface area contributed by atoms with Crippen LogP contribution in [0.5, 0.6) is 0 Å². The van der Waals surface area contributed by atoms with E-state index in [1.54, 1.807) is 24.3 Å². The number of rotatable bonds is 6. The lowest BCUT2D eigenvalue weighted by Crippen LogP contribution is -2.24. The molecular weight excluding hydrogens is 420 g/mol. The number of nitrogens with one attached hydrogen (secondary N) is 1. The largest absolute Gasteiger partial charge is 0.325 e. The topological polar surface area (TPSA) is 64.0 Å². The van der Waals surface area contributed by atoms with Crippen molar-refractivity contribution in [2.75, 3.05) is 11.1 Å². The Morgan fingerprint density at radius 3 is 2.48 bits per heavy atom. The standard InChI is InChI=1S/C23H17F2N3O2S/c24-18-11-10-16(12-19(18)25)26-21(29)14-31-23-27-20-9-5-4-8-17(20)22(30)28(23)13-15-6-2-1-3-7-15/h1-12H,13-14H2,(H,26,29). The Morgan fingerprint density at radius 2 is 1.71 bits per heavy atom. The van der Waals surface area contributed by atoms with Crippen LogP contribution in [0.15, 0.2) is 82.7 Å². The summed E-state index contributed by atoms with van der Waals surface area (Å²) in [5.74, 6) is -2.51. The highest BCUT2D eigenvalue weighted by atomic mass is 32.2. The predicted octanol–water partition coefficient (Wildman–Crippen LogP) is 4.45. The van der Waals surface area contributed by atoms with Crippen molar-refractivity contribution in [2.24, 2.45) is 0 Å². The van der Waals surface area contributed by atoms with Crippen LogP contribution in [0.4, 0.5) is 14.5 Å². The summed E-state index contributed by atoms with van der Waals surface area (Å²) in [6.45, 7) is 0.310. The van der Waals surface area contributed by atoms with Crippen LogP contribution in [0.3, 0.4) is 0 Å². The number of carbonyl (C=O) groups is 1. The van der Waals surface area contributed by atoms with Gasteiger partial charge in [0.15, 0.2) is 16.8 Å². The maximum atomic E-state index is 13.4. The van der Waals surface area contributed by atoms with Crippen molar-refractivity contribution in [3.05, 3.63) is 100 Å².